The van der Waals surface area contributed by atoms with Crippen LogP contribution in [0.5, 0.6) is 0 Å². The van der Waals surface area contributed by atoms with Gasteiger partial charge in [-0.25, -0.2) is 0 Å². The van der Waals surface area contributed by atoms with E-state index in [1.54, 1.807) is 18.2 Å². The number of halogens is 1. The summed E-state index contributed by atoms with van der Waals surface area (Å²) in [6.45, 7) is 10.9. The van der Waals surface area contributed by atoms with Crippen molar-refractivity contribution in [3.8, 4) is 0 Å². The summed E-state index contributed by atoms with van der Waals surface area (Å²) in [5, 5.41) is 0. The van der Waals surface area contributed by atoms with Gasteiger partial charge in [-0.2, -0.15) is 0 Å². The number of aliphatic imine (C=N–C) groups is 1. The third-order valence-electron chi connectivity index (χ3n) is 4.03. The Morgan fingerprint density at radius 3 is 2.74 bits per heavy atom. The van der Waals surface area contributed by atoms with Crippen LogP contribution in [-0.2, 0) is 0 Å². The molecule has 23 heavy (non-hydrogen) atoms. The highest BCUT2D eigenvalue weighted by atomic mass is 19.0. The average molecular weight is 311 g/mol. The molecule has 118 valence electrons. The second kappa shape index (κ2) is 6.57. The summed E-state index contributed by atoms with van der Waals surface area (Å²) in [5.74, 6) is 1.66. The zero-order valence-corrected chi connectivity index (χ0v) is 12.7. The molecule has 0 aromatic carbocycles. The van der Waals surface area contributed by atoms with Crippen LogP contribution in [0.25, 0.3) is 17.3 Å². The molecule has 0 spiro atoms. The molecule has 2 atom stereocenters. The SMILES string of the molecule is C=C/C=C(\N=C)c1coc(C=C)c(C2=CC3CC3C=C2)c1=O.F. The lowest BCUT2D eigenvalue weighted by molar-refractivity contribution is 0.534. The summed E-state index contributed by atoms with van der Waals surface area (Å²) in [5.41, 5.74) is 2.13. The van der Waals surface area contributed by atoms with Crippen molar-refractivity contribution in [2.75, 3.05) is 0 Å². The van der Waals surface area contributed by atoms with Crippen LogP contribution in [0, 0.1) is 11.8 Å². The van der Waals surface area contributed by atoms with Gasteiger partial charge < -0.3 is 4.42 Å². The maximum atomic E-state index is 12.9. The van der Waals surface area contributed by atoms with E-state index in [0.717, 1.165) is 12.0 Å². The van der Waals surface area contributed by atoms with Crippen molar-refractivity contribution in [2.45, 2.75) is 6.42 Å². The summed E-state index contributed by atoms with van der Waals surface area (Å²) < 4.78 is 5.60. The monoisotopic (exact) mass is 311 g/mol. The Labute approximate surface area is 134 Å². The maximum Gasteiger partial charge on any atom is 0.202 e. The van der Waals surface area contributed by atoms with Gasteiger partial charge in [0.2, 0.25) is 5.43 Å². The minimum Gasteiger partial charge on any atom is -0.463 e. The van der Waals surface area contributed by atoms with Crippen molar-refractivity contribution in [3.05, 3.63) is 76.9 Å². The van der Waals surface area contributed by atoms with E-state index >= 15 is 0 Å². The molecule has 2 aliphatic carbocycles. The van der Waals surface area contributed by atoms with Crippen LogP contribution >= 0.6 is 0 Å². The van der Waals surface area contributed by atoms with Crippen molar-refractivity contribution in [3.63, 3.8) is 0 Å². The third-order valence-corrected chi connectivity index (χ3v) is 4.03. The highest BCUT2D eigenvalue weighted by Crippen LogP contribution is 2.46. The van der Waals surface area contributed by atoms with E-state index in [9.17, 15) is 4.79 Å². The lowest BCUT2D eigenvalue weighted by Crippen LogP contribution is -2.15. The van der Waals surface area contributed by atoms with Crippen LogP contribution in [0.15, 0.2) is 64.0 Å². The molecule has 1 heterocycles. The molecule has 3 nitrogen and oxygen atoms in total. The first-order chi connectivity index (χ1) is 10.7. The van der Waals surface area contributed by atoms with Gasteiger partial charge in [0.05, 0.1) is 16.8 Å². The molecule has 0 bridgehead atoms. The van der Waals surface area contributed by atoms with Crippen LogP contribution < -0.4 is 5.43 Å². The lowest BCUT2D eigenvalue weighted by atomic mass is 9.96. The van der Waals surface area contributed by atoms with E-state index in [4.69, 9.17) is 4.42 Å². The first-order valence-electron chi connectivity index (χ1n) is 7.18. The quantitative estimate of drug-likeness (QED) is 0.602. The van der Waals surface area contributed by atoms with Gasteiger partial charge in [-0.05, 0) is 42.7 Å². The topological polar surface area (TPSA) is 42.6 Å². The zero-order valence-electron chi connectivity index (χ0n) is 12.7. The molecule has 4 heteroatoms. The molecule has 1 fully saturated rings. The molecule has 0 N–H and O–H groups in total. The highest BCUT2D eigenvalue weighted by molar-refractivity contribution is 5.82. The van der Waals surface area contributed by atoms with E-state index in [2.05, 4.69) is 37.0 Å². The van der Waals surface area contributed by atoms with Gasteiger partial charge in [0.15, 0.2) is 0 Å². The Morgan fingerprint density at radius 2 is 2.13 bits per heavy atom. The van der Waals surface area contributed by atoms with Gasteiger partial charge in [-0.15, -0.1) is 0 Å². The molecule has 0 amide bonds. The van der Waals surface area contributed by atoms with Gasteiger partial charge in [-0.3, -0.25) is 14.5 Å². The fourth-order valence-electron chi connectivity index (χ4n) is 2.75. The van der Waals surface area contributed by atoms with Crippen LogP contribution in [0.4, 0.5) is 4.70 Å². The van der Waals surface area contributed by atoms with Gasteiger partial charge >= 0.3 is 0 Å². The number of rotatable bonds is 5. The molecule has 2 aliphatic rings. The Bertz CT molecular complexity index is 811. The van der Waals surface area contributed by atoms with Crippen molar-refractivity contribution in [1.29, 1.82) is 0 Å². The van der Waals surface area contributed by atoms with Crippen LogP contribution in [-0.4, -0.2) is 6.72 Å². The molecular weight excluding hydrogens is 293 g/mol. The number of fused-ring (bicyclic) bond motifs is 1. The van der Waals surface area contributed by atoms with Crippen molar-refractivity contribution in [2.24, 2.45) is 16.8 Å². The Kier molecular flexibility index (Phi) is 4.74. The van der Waals surface area contributed by atoms with Crippen LogP contribution in [0.2, 0.25) is 0 Å². The molecule has 1 saturated carbocycles. The predicted octanol–water partition coefficient (Wildman–Crippen LogP) is 4.25. The number of nitrogens with zero attached hydrogens (tertiary/aromatic N) is 1. The first kappa shape index (κ1) is 16.6. The molecular formula is C19H18FNO2. The molecule has 1 aromatic heterocycles. The first-order valence-corrected chi connectivity index (χ1v) is 7.18. The molecule has 1 aromatic rings. The molecule has 2 unspecified atom stereocenters. The average Bonchev–Trinajstić information content (AvgIpc) is 3.31. The summed E-state index contributed by atoms with van der Waals surface area (Å²) in [7, 11) is 0. The fraction of sp³-hybridized carbons (Fsp3) is 0.158. The minimum atomic E-state index is -0.128. The lowest BCUT2D eigenvalue weighted by Gasteiger charge is -2.10. The third kappa shape index (κ3) is 2.93. The van der Waals surface area contributed by atoms with Crippen molar-refractivity contribution in [1.82, 2.24) is 0 Å². The maximum absolute atomic E-state index is 12.9. The summed E-state index contributed by atoms with van der Waals surface area (Å²) in [6.07, 6.45) is 13.6. The smallest absolute Gasteiger partial charge is 0.202 e. The second-order valence-corrected chi connectivity index (χ2v) is 5.41. The second-order valence-electron chi connectivity index (χ2n) is 5.41. The minimum absolute atomic E-state index is 0. The van der Waals surface area contributed by atoms with Crippen LogP contribution in [0.1, 0.15) is 23.3 Å². The molecule has 0 aliphatic heterocycles. The molecule has 3 rings (SSSR count). The number of allylic oxidation sites excluding steroid dienone is 6. The summed E-state index contributed by atoms with van der Waals surface area (Å²) in [4.78, 5) is 16.8. The van der Waals surface area contributed by atoms with Gasteiger partial charge in [0.25, 0.3) is 0 Å². The van der Waals surface area contributed by atoms with Gasteiger partial charge in [0, 0.05) is 0 Å². The normalized spacial score (nSPS) is 21.6. The van der Waals surface area contributed by atoms with Crippen molar-refractivity contribution >= 4 is 24.1 Å². The summed E-state index contributed by atoms with van der Waals surface area (Å²) >= 11 is 0. The van der Waals surface area contributed by atoms with E-state index in [0.29, 0.717) is 34.4 Å². The van der Waals surface area contributed by atoms with E-state index < -0.39 is 0 Å². The van der Waals surface area contributed by atoms with Gasteiger partial charge in [0.1, 0.15) is 12.0 Å². The Balaban J connectivity index is 0.00000192. The van der Waals surface area contributed by atoms with E-state index in [-0.39, 0.29) is 10.1 Å². The Hall–Kier alpha value is -2.75. The summed E-state index contributed by atoms with van der Waals surface area (Å²) in [6, 6.07) is 0. The molecule has 0 radical (unpaired) electrons. The van der Waals surface area contributed by atoms with Crippen LogP contribution in [0.3, 0.4) is 0 Å². The molecule has 0 saturated heterocycles. The number of hydrogen-bond donors (Lipinski definition) is 0. The highest BCUT2D eigenvalue weighted by Gasteiger charge is 2.35. The van der Waals surface area contributed by atoms with Crippen molar-refractivity contribution < 1.29 is 9.12 Å². The van der Waals surface area contributed by atoms with Gasteiger partial charge in [-0.1, -0.05) is 37.5 Å². The Morgan fingerprint density at radius 1 is 1.35 bits per heavy atom. The fourth-order valence-corrected chi connectivity index (χ4v) is 2.75. The predicted molar refractivity (Wildman–Crippen MR) is 94.0 cm³/mol. The standard InChI is InChI=1S/C19H17NO2.FH/c1-4-6-16(20-3)15-11-22-17(5-2)18(19(15)21)13-8-7-12-9-14(12)10-13;/h4-8,10-12,14H,1-3,9H2;1H/b16-6-;. The van der Waals surface area contributed by atoms with E-state index in [1.807, 2.05) is 6.08 Å². The van der Waals surface area contributed by atoms with E-state index in [1.165, 1.54) is 6.26 Å². The zero-order chi connectivity index (χ0) is 15.7. The largest absolute Gasteiger partial charge is 0.463 e. The number of hydrogen-bond acceptors (Lipinski definition) is 3.